The Labute approximate surface area is 220 Å². The second-order valence-electron chi connectivity index (χ2n) is 8.45. The lowest BCUT2D eigenvalue weighted by Gasteiger charge is -2.11. The summed E-state index contributed by atoms with van der Waals surface area (Å²) in [5.41, 5.74) is 1.68. The van der Waals surface area contributed by atoms with Crippen molar-refractivity contribution >= 4 is 27.3 Å². The summed E-state index contributed by atoms with van der Waals surface area (Å²) in [6.07, 6.45) is 0. The molecule has 2 N–H and O–H groups in total. The van der Waals surface area contributed by atoms with E-state index in [1.54, 1.807) is 70.5 Å². The van der Waals surface area contributed by atoms with E-state index < -0.39 is 10.0 Å². The number of benzene rings is 2. The lowest BCUT2D eigenvalue weighted by Crippen LogP contribution is -2.28. The van der Waals surface area contributed by atoms with Gasteiger partial charge in [-0.3, -0.25) is 4.79 Å². The van der Waals surface area contributed by atoms with Crippen molar-refractivity contribution in [2.45, 2.75) is 18.7 Å². The average molecular weight is 541 g/mol. The fourth-order valence-corrected chi connectivity index (χ4v) is 4.43. The van der Waals surface area contributed by atoms with Crippen molar-refractivity contribution in [1.82, 2.24) is 24.5 Å². The van der Waals surface area contributed by atoms with Gasteiger partial charge in [0, 0.05) is 30.3 Å². The Hall–Kier alpha value is -4.23. The van der Waals surface area contributed by atoms with Gasteiger partial charge in [-0.1, -0.05) is 13.8 Å². The van der Waals surface area contributed by atoms with Gasteiger partial charge in [0.2, 0.25) is 21.8 Å². The molecule has 0 unspecified atom stereocenters. The van der Waals surface area contributed by atoms with Crippen molar-refractivity contribution in [2.75, 3.05) is 32.7 Å². The smallest absolute Gasteiger partial charge is 0.240 e. The number of methoxy groups -OCH3 is 2. The van der Waals surface area contributed by atoms with E-state index >= 15 is 0 Å². The molecule has 2 aromatic heterocycles. The molecule has 0 saturated heterocycles. The van der Waals surface area contributed by atoms with Crippen molar-refractivity contribution in [1.29, 1.82) is 0 Å². The highest BCUT2D eigenvalue weighted by molar-refractivity contribution is 7.89. The van der Waals surface area contributed by atoms with Crippen molar-refractivity contribution in [2.24, 2.45) is 5.92 Å². The van der Waals surface area contributed by atoms with E-state index in [0.29, 0.717) is 34.2 Å². The number of nitrogens with one attached hydrogen (secondary N) is 2. The fourth-order valence-electron chi connectivity index (χ4n) is 3.42. The lowest BCUT2D eigenvalue weighted by atomic mass is 10.2. The number of sulfonamides is 1. The highest BCUT2D eigenvalue weighted by atomic mass is 32.2. The van der Waals surface area contributed by atoms with Gasteiger partial charge in [0.1, 0.15) is 18.1 Å². The summed E-state index contributed by atoms with van der Waals surface area (Å²) in [6, 6.07) is 14.6. The molecule has 0 bridgehead atoms. The van der Waals surface area contributed by atoms with Gasteiger partial charge >= 0.3 is 0 Å². The Kier molecular flexibility index (Phi) is 8.08. The number of hydrogen-bond acceptors (Lipinski definition) is 9. The van der Waals surface area contributed by atoms with Gasteiger partial charge in [0.15, 0.2) is 11.5 Å². The number of hydrogen-bond donors (Lipinski definition) is 2. The van der Waals surface area contributed by atoms with Crippen LogP contribution in [0.25, 0.3) is 17.0 Å². The molecule has 0 radical (unpaired) electrons. The Morgan fingerprint density at radius 3 is 2.45 bits per heavy atom. The summed E-state index contributed by atoms with van der Waals surface area (Å²) in [6.45, 7) is 3.59. The third-order valence-corrected chi connectivity index (χ3v) is 6.97. The molecule has 0 atom stereocenters. The van der Waals surface area contributed by atoms with E-state index in [-0.39, 0.29) is 35.8 Å². The minimum Gasteiger partial charge on any atom is -0.497 e. The van der Waals surface area contributed by atoms with Crippen LogP contribution in [-0.2, 0) is 14.8 Å². The first-order valence-electron chi connectivity index (χ1n) is 11.7. The first kappa shape index (κ1) is 26.8. The van der Waals surface area contributed by atoms with Crippen LogP contribution in [0.2, 0.25) is 0 Å². The van der Waals surface area contributed by atoms with E-state index in [9.17, 15) is 13.2 Å². The molecule has 0 saturated carbocycles. The average Bonchev–Trinajstić information content (AvgIpc) is 3.34. The zero-order valence-electron chi connectivity index (χ0n) is 21.3. The van der Waals surface area contributed by atoms with Crippen LogP contribution in [0, 0.1) is 5.92 Å². The Bertz CT molecular complexity index is 1540. The van der Waals surface area contributed by atoms with Gasteiger partial charge < -0.3 is 19.5 Å². The Morgan fingerprint density at radius 2 is 1.76 bits per heavy atom. The molecule has 200 valence electrons. The van der Waals surface area contributed by atoms with Crippen LogP contribution in [0.3, 0.4) is 0 Å². The topological polar surface area (TPSA) is 146 Å². The van der Waals surface area contributed by atoms with Gasteiger partial charge in [-0.2, -0.15) is 4.52 Å². The van der Waals surface area contributed by atoms with Crippen LogP contribution < -0.4 is 24.2 Å². The van der Waals surface area contributed by atoms with E-state index in [0.717, 1.165) is 0 Å². The third-order valence-electron chi connectivity index (χ3n) is 5.49. The van der Waals surface area contributed by atoms with E-state index in [4.69, 9.17) is 14.2 Å². The van der Waals surface area contributed by atoms with Gasteiger partial charge in [0.05, 0.1) is 24.7 Å². The minimum absolute atomic E-state index is 0.00915. The predicted octanol–water partition coefficient (Wildman–Crippen LogP) is 2.76. The Balaban J connectivity index is 1.40. The van der Waals surface area contributed by atoms with E-state index in [1.807, 2.05) is 0 Å². The van der Waals surface area contributed by atoms with Crippen LogP contribution in [0.5, 0.6) is 17.4 Å². The number of anilines is 1. The normalized spacial score (nSPS) is 11.5. The number of amides is 1. The number of fused-ring (bicyclic) bond motifs is 1. The molecule has 2 aromatic carbocycles. The Morgan fingerprint density at radius 1 is 1.00 bits per heavy atom. The molecule has 1 amide bonds. The summed E-state index contributed by atoms with van der Waals surface area (Å²) < 4.78 is 45.6. The molecule has 0 aliphatic rings. The van der Waals surface area contributed by atoms with Crippen LogP contribution in [0.15, 0.2) is 59.5 Å². The number of ether oxygens (including phenoxy) is 3. The zero-order valence-corrected chi connectivity index (χ0v) is 22.2. The minimum atomic E-state index is -3.77. The molecular weight excluding hydrogens is 512 g/mol. The van der Waals surface area contributed by atoms with Gasteiger partial charge in [-0.25, -0.2) is 13.1 Å². The largest absolute Gasteiger partial charge is 0.497 e. The van der Waals surface area contributed by atoms with Crippen LogP contribution >= 0.6 is 0 Å². The number of rotatable bonds is 11. The van der Waals surface area contributed by atoms with Crippen LogP contribution in [0.1, 0.15) is 13.8 Å². The molecule has 0 aliphatic carbocycles. The van der Waals surface area contributed by atoms with E-state index in [1.165, 1.54) is 16.6 Å². The van der Waals surface area contributed by atoms with E-state index in [2.05, 4.69) is 25.3 Å². The second-order valence-corrected chi connectivity index (χ2v) is 10.2. The van der Waals surface area contributed by atoms with Crippen molar-refractivity contribution in [3.8, 4) is 28.8 Å². The van der Waals surface area contributed by atoms with Crippen LogP contribution in [0.4, 0.5) is 5.69 Å². The molecule has 13 heteroatoms. The van der Waals surface area contributed by atoms with Crippen molar-refractivity contribution in [3.05, 3.63) is 54.6 Å². The number of nitrogens with zero attached hydrogens (tertiary/aromatic N) is 4. The van der Waals surface area contributed by atoms with Crippen molar-refractivity contribution < 1.29 is 27.4 Å². The molecule has 38 heavy (non-hydrogen) atoms. The van der Waals surface area contributed by atoms with Gasteiger partial charge in [0.25, 0.3) is 0 Å². The molecular formula is C25H28N6O6S. The first-order valence-corrected chi connectivity index (χ1v) is 13.2. The first-order chi connectivity index (χ1) is 18.2. The highest BCUT2D eigenvalue weighted by Crippen LogP contribution is 2.32. The SMILES string of the molecule is COc1ccc(-c2nnc3ccc(OCCNS(=O)(=O)c4ccc(NC(=O)C(C)C)cc4)nn23)c(OC)c1. The molecule has 2 heterocycles. The monoisotopic (exact) mass is 540 g/mol. The summed E-state index contributed by atoms with van der Waals surface area (Å²) in [4.78, 5) is 11.9. The summed E-state index contributed by atoms with van der Waals surface area (Å²) in [5, 5.41) is 15.5. The molecule has 12 nitrogen and oxygen atoms in total. The second kappa shape index (κ2) is 11.4. The van der Waals surface area contributed by atoms with Crippen molar-refractivity contribution in [3.63, 3.8) is 0 Å². The molecule has 4 rings (SSSR count). The number of aromatic nitrogens is 4. The molecule has 4 aromatic rings. The maximum absolute atomic E-state index is 12.6. The fraction of sp³-hybridized carbons (Fsp3) is 0.280. The standard InChI is InChI=1S/C25H28N6O6S/c1-16(2)25(32)27-17-5-8-19(9-6-17)38(33,34)26-13-14-37-23-12-11-22-28-29-24(31(22)30-23)20-10-7-18(35-3)15-21(20)36-4/h5-12,15-16,26H,13-14H2,1-4H3,(H,27,32). The quantitative estimate of drug-likeness (QED) is 0.274. The summed E-state index contributed by atoms with van der Waals surface area (Å²) in [5.74, 6) is 1.54. The molecule has 0 spiro atoms. The number of carbonyl (C=O) groups excluding carboxylic acids is 1. The number of carbonyl (C=O) groups is 1. The maximum Gasteiger partial charge on any atom is 0.240 e. The molecule has 0 fully saturated rings. The summed E-state index contributed by atoms with van der Waals surface area (Å²) in [7, 11) is -0.659. The zero-order chi connectivity index (χ0) is 27.3. The van der Waals surface area contributed by atoms with Gasteiger partial charge in [-0.05, 0) is 42.5 Å². The molecule has 0 aliphatic heterocycles. The van der Waals surface area contributed by atoms with Gasteiger partial charge in [-0.15, -0.1) is 15.3 Å². The summed E-state index contributed by atoms with van der Waals surface area (Å²) >= 11 is 0. The third kappa shape index (κ3) is 6.01. The predicted molar refractivity (Wildman–Crippen MR) is 140 cm³/mol. The van der Waals surface area contributed by atoms with Crippen LogP contribution in [-0.4, -0.2) is 61.5 Å². The highest BCUT2D eigenvalue weighted by Gasteiger charge is 2.17. The maximum atomic E-state index is 12.6. The lowest BCUT2D eigenvalue weighted by molar-refractivity contribution is -0.118.